The van der Waals surface area contributed by atoms with Crippen molar-refractivity contribution >= 4 is 41.3 Å². The van der Waals surface area contributed by atoms with Crippen LogP contribution >= 0.6 is 35.3 Å². The number of rotatable bonds is 8. The van der Waals surface area contributed by atoms with E-state index in [-0.39, 0.29) is 29.5 Å². The maximum absolute atomic E-state index is 11.6. The summed E-state index contributed by atoms with van der Waals surface area (Å²) in [5.41, 5.74) is 1.19. The van der Waals surface area contributed by atoms with Gasteiger partial charge in [0.1, 0.15) is 5.01 Å². The number of aromatic nitrogens is 2. The molecule has 0 fully saturated rings. The van der Waals surface area contributed by atoms with Crippen LogP contribution in [-0.4, -0.2) is 29.1 Å². The largest absolute Gasteiger partial charge is 0.356 e. The second kappa shape index (κ2) is 12.1. The van der Waals surface area contributed by atoms with E-state index < -0.39 is 0 Å². The minimum absolute atomic E-state index is 0. The van der Waals surface area contributed by atoms with Gasteiger partial charge in [-0.15, -0.1) is 35.3 Å². The lowest BCUT2D eigenvalue weighted by molar-refractivity contribution is 0.585. The number of nitrogens with zero attached hydrogens (tertiary/aromatic N) is 3. The molecule has 0 saturated heterocycles. The van der Waals surface area contributed by atoms with Gasteiger partial charge < -0.3 is 15.2 Å². The highest BCUT2D eigenvalue weighted by molar-refractivity contribution is 14.0. The molecule has 2 aromatic heterocycles. The standard InChI is InChI=1S/C18H27N5OS.HI/c1-14(2)15-13-25-16(22-15)12-21-18(19-3)20-9-5-7-11-23-10-6-4-8-17(23)24;/h4,6,8,10,13-14H,5,7,9,11-12H2,1-3H3,(H2,19,20,21);1H. The molecule has 6 nitrogen and oxygen atoms in total. The molecular weight excluding hydrogens is 461 g/mol. The highest BCUT2D eigenvalue weighted by atomic mass is 127. The van der Waals surface area contributed by atoms with Crippen LogP contribution in [0.25, 0.3) is 0 Å². The summed E-state index contributed by atoms with van der Waals surface area (Å²) in [6, 6.07) is 5.24. The Hall–Kier alpha value is -1.42. The molecule has 0 aliphatic heterocycles. The predicted octanol–water partition coefficient (Wildman–Crippen LogP) is 3.19. The molecule has 2 aromatic rings. The molecule has 0 aliphatic rings. The first-order valence-electron chi connectivity index (χ1n) is 8.64. The summed E-state index contributed by atoms with van der Waals surface area (Å²) in [4.78, 5) is 20.5. The Bertz CT molecular complexity index is 741. The van der Waals surface area contributed by atoms with Crippen molar-refractivity contribution in [1.29, 1.82) is 0 Å². The van der Waals surface area contributed by atoms with Crippen LogP contribution in [0.2, 0.25) is 0 Å². The smallest absolute Gasteiger partial charge is 0.250 e. The third kappa shape index (κ3) is 7.45. The van der Waals surface area contributed by atoms with Crippen molar-refractivity contribution in [1.82, 2.24) is 20.2 Å². The molecule has 0 unspecified atom stereocenters. The fourth-order valence-corrected chi connectivity index (χ4v) is 3.21. The molecule has 0 bridgehead atoms. The highest BCUT2D eigenvalue weighted by Gasteiger charge is 2.06. The summed E-state index contributed by atoms with van der Waals surface area (Å²) in [6.07, 6.45) is 3.74. The first kappa shape index (κ1) is 22.6. The molecule has 0 atom stereocenters. The lowest BCUT2D eigenvalue weighted by Crippen LogP contribution is -2.37. The maximum Gasteiger partial charge on any atom is 0.250 e. The first-order chi connectivity index (χ1) is 12.1. The predicted molar refractivity (Wildman–Crippen MR) is 120 cm³/mol. The van der Waals surface area contributed by atoms with Gasteiger partial charge in [-0.3, -0.25) is 9.79 Å². The van der Waals surface area contributed by atoms with Crippen LogP contribution in [0.5, 0.6) is 0 Å². The van der Waals surface area contributed by atoms with Gasteiger partial charge in [-0.25, -0.2) is 4.98 Å². The van der Waals surface area contributed by atoms with Crippen LogP contribution in [0.15, 0.2) is 39.6 Å². The molecule has 2 heterocycles. The summed E-state index contributed by atoms with van der Waals surface area (Å²) in [7, 11) is 1.76. The monoisotopic (exact) mass is 489 g/mol. The summed E-state index contributed by atoms with van der Waals surface area (Å²) in [5, 5.41) is 9.77. The van der Waals surface area contributed by atoms with Crippen LogP contribution in [-0.2, 0) is 13.1 Å². The first-order valence-corrected chi connectivity index (χ1v) is 9.52. The molecular formula is C18H28IN5OS. The third-order valence-corrected chi connectivity index (χ3v) is 4.68. The number of unbranched alkanes of at least 4 members (excludes halogenated alkanes) is 1. The zero-order chi connectivity index (χ0) is 18.1. The van der Waals surface area contributed by atoms with Crippen LogP contribution in [0.1, 0.15) is 43.3 Å². The number of guanidine groups is 1. The number of aryl methyl sites for hydroxylation is 1. The number of hydrogen-bond donors (Lipinski definition) is 2. The molecule has 144 valence electrons. The van der Waals surface area contributed by atoms with Crippen molar-refractivity contribution in [2.24, 2.45) is 4.99 Å². The molecule has 0 aromatic carbocycles. The summed E-state index contributed by atoms with van der Waals surface area (Å²) in [5.74, 6) is 1.23. The quantitative estimate of drug-likeness (QED) is 0.259. The van der Waals surface area contributed by atoms with Crippen LogP contribution in [0.3, 0.4) is 0 Å². The molecule has 0 amide bonds. The van der Waals surface area contributed by atoms with E-state index in [0.717, 1.165) is 42.6 Å². The number of pyridine rings is 1. The number of halogens is 1. The van der Waals surface area contributed by atoms with E-state index in [1.807, 2.05) is 12.3 Å². The third-order valence-electron chi connectivity index (χ3n) is 3.81. The van der Waals surface area contributed by atoms with Gasteiger partial charge in [-0.1, -0.05) is 19.9 Å². The fourth-order valence-electron chi connectivity index (χ4n) is 2.31. The Morgan fingerprint density at radius 3 is 2.77 bits per heavy atom. The average Bonchev–Trinajstić information content (AvgIpc) is 3.08. The van der Waals surface area contributed by atoms with E-state index in [2.05, 4.69) is 39.8 Å². The lowest BCUT2D eigenvalue weighted by atomic mass is 10.2. The molecule has 0 aliphatic carbocycles. The minimum atomic E-state index is 0. The normalized spacial score (nSPS) is 11.3. The van der Waals surface area contributed by atoms with E-state index in [4.69, 9.17) is 0 Å². The average molecular weight is 489 g/mol. The van der Waals surface area contributed by atoms with Gasteiger partial charge in [-0.2, -0.15) is 0 Å². The van der Waals surface area contributed by atoms with E-state index in [9.17, 15) is 4.79 Å². The van der Waals surface area contributed by atoms with E-state index in [1.165, 1.54) is 0 Å². The van der Waals surface area contributed by atoms with Crippen LogP contribution < -0.4 is 16.2 Å². The van der Waals surface area contributed by atoms with E-state index in [1.54, 1.807) is 35.1 Å². The number of nitrogens with one attached hydrogen (secondary N) is 2. The molecule has 26 heavy (non-hydrogen) atoms. The Morgan fingerprint density at radius 1 is 1.31 bits per heavy atom. The SMILES string of the molecule is CN=C(NCCCCn1ccccc1=O)NCc1nc(C(C)C)cs1.I. The van der Waals surface area contributed by atoms with Crippen molar-refractivity contribution in [2.45, 2.75) is 45.7 Å². The topological polar surface area (TPSA) is 71.3 Å². The summed E-state index contributed by atoms with van der Waals surface area (Å²) < 4.78 is 1.74. The zero-order valence-corrected chi connectivity index (χ0v) is 18.7. The number of thiazole rings is 1. The van der Waals surface area contributed by atoms with Crippen molar-refractivity contribution in [3.8, 4) is 0 Å². The Balaban J connectivity index is 0.00000338. The van der Waals surface area contributed by atoms with Crippen LogP contribution in [0.4, 0.5) is 0 Å². The summed E-state index contributed by atoms with van der Waals surface area (Å²) >= 11 is 1.67. The van der Waals surface area contributed by atoms with Gasteiger partial charge in [0.25, 0.3) is 0 Å². The lowest BCUT2D eigenvalue weighted by Gasteiger charge is -2.11. The van der Waals surface area contributed by atoms with Crippen molar-refractivity contribution in [3.05, 3.63) is 50.8 Å². The van der Waals surface area contributed by atoms with Crippen LogP contribution in [0, 0.1) is 0 Å². The Morgan fingerprint density at radius 2 is 2.12 bits per heavy atom. The van der Waals surface area contributed by atoms with Gasteiger partial charge in [0.2, 0.25) is 5.56 Å². The maximum atomic E-state index is 11.6. The van der Waals surface area contributed by atoms with E-state index >= 15 is 0 Å². The summed E-state index contributed by atoms with van der Waals surface area (Å²) in [6.45, 7) is 6.53. The van der Waals surface area contributed by atoms with Crippen molar-refractivity contribution in [2.75, 3.05) is 13.6 Å². The van der Waals surface area contributed by atoms with Gasteiger partial charge in [-0.05, 0) is 24.8 Å². The second-order valence-electron chi connectivity index (χ2n) is 6.11. The Labute approximate surface area is 176 Å². The zero-order valence-electron chi connectivity index (χ0n) is 15.6. The molecule has 0 saturated carbocycles. The second-order valence-corrected chi connectivity index (χ2v) is 7.06. The van der Waals surface area contributed by atoms with Crippen molar-refractivity contribution in [3.63, 3.8) is 0 Å². The van der Waals surface area contributed by atoms with Gasteiger partial charge >= 0.3 is 0 Å². The number of hydrogen-bond acceptors (Lipinski definition) is 4. The molecule has 8 heteroatoms. The highest BCUT2D eigenvalue weighted by Crippen LogP contribution is 2.17. The van der Waals surface area contributed by atoms with Crippen molar-refractivity contribution < 1.29 is 0 Å². The van der Waals surface area contributed by atoms with Gasteiger partial charge in [0, 0.05) is 37.8 Å². The fraction of sp³-hybridized carbons (Fsp3) is 0.500. The molecule has 2 N–H and O–H groups in total. The van der Waals surface area contributed by atoms with E-state index in [0.29, 0.717) is 12.5 Å². The number of aliphatic imine (C=N–C) groups is 1. The van der Waals surface area contributed by atoms with Gasteiger partial charge in [0.15, 0.2) is 5.96 Å². The molecule has 2 rings (SSSR count). The minimum Gasteiger partial charge on any atom is -0.356 e. The molecule has 0 spiro atoms. The van der Waals surface area contributed by atoms with Gasteiger partial charge in [0.05, 0.1) is 12.2 Å². The Kier molecular flexibility index (Phi) is 10.5. The molecule has 0 radical (unpaired) electrons.